The minimum Gasteiger partial charge on any atom is -0.394 e. The molecule has 6 nitrogen and oxygen atoms in total. The van der Waals surface area contributed by atoms with Gasteiger partial charge in [-0.2, -0.15) is 0 Å². The van der Waals surface area contributed by atoms with Crippen LogP contribution in [0.4, 0.5) is 0 Å². The first-order chi connectivity index (χ1) is 8.83. The zero-order valence-electron chi connectivity index (χ0n) is 11.9. The van der Waals surface area contributed by atoms with Crippen LogP contribution in [-0.2, 0) is 23.7 Å². The molecule has 0 aromatic heterocycles. The van der Waals surface area contributed by atoms with E-state index in [4.69, 9.17) is 28.8 Å². The van der Waals surface area contributed by atoms with Gasteiger partial charge in [-0.15, -0.1) is 0 Å². The van der Waals surface area contributed by atoms with Crippen molar-refractivity contribution in [2.75, 3.05) is 73.7 Å². The van der Waals surface area contributed by atoms with E-state index in [-0.39, 0.29) is 6.61 Å². The number of methoxy groups -OCH3 is 2. The summed E-state index contributed by atoms with van der Waals surface area (Å²) < 4.78 is 24.5. The summed E-state index contributed by atoms with van der Waals surface area (Å²) in [6.45, 7) is 6.98. The van der Waals surface area contributed by atoms with Crippen LogP contribution in [0.15, 0.2) is 0 Å². The molecule has 0 amide bonds. The van der Waals surface area contributed by atoms with Crippen LogP contribution in [0.5, 0.6) is 0 Å². The summed E-state index contributed by atoms with van der Waals surface area (Å²) >= 11 is 0. The molecule has 0 saturated carbocycles. The van der Waals surface area contributed by atoms with Crippen molar-refractivity contribution in [3.8, 4) is 0 Å². The van der Waals surface area contributed by atoms with Gasteiger partial charge in [0, 0.05) is 20.8 Å². The number of aliphatic hydroxyl groups is 1. The molecule has 0 atom stereocenters. The third-order valence-corrected chi connectivity index (χ3v) is 1.68. The number of aliphatic hydroxyl groups excluding tert-OH is 1. The van der Waals surface area contributed by atoms with Gasteiger partial charge in [0.25, 0.3) is 0 Å². The van der Waals surface area contributed by atoms with Crippen molar-refractivity contribution < 1.29 is 28.8 Å². The predicted molar refractivity (Wildman–Crippen MR) is 69.0 cm³/mol. The maximum Gasteiger partial charge on any atom is 0.0701 e. The van der Waals surface area contributed by atoms with Gasteiger partial charge in [0.1, 0.15) is 0 Å². The number of hydrogen-bond acceptors (Lipinski definition) is 6. The minimum absolute atomic E-state index is 0.0894. The van der Waals surface area contributed by atoms with Crippen LogP contribution in [0.2, 0.25) is 0 Å². The van der Waals surface area contributed by atoms with Crippen molar-refractivity contribution in [1.82, 2.24) is 0 Å². The Labute approximate surface area is 110 Å². The molecule has 0 saturated heterocycles. The van der Waals surface area contributed by atoms with Gasteiger partial charge in [-0.1, -0.05) is 0 Å². The normalized spacial score (nSPS) is 10.0. The predicted octanol–water partition coefficient (Wildman–Crippen LogP) is 0.328. The van der Waals surface area contributed by atoms with Crippen LogP contribution in [0.1, 0.15) is 6.92 Å². The van der Waals surface area contributed by atoms with Crippen LogP contribution >= 0.6 is 0 Å². The lowest BCUT2D eigenvalue weighted by Gasteiger charge is -2.00. The van der Waals surface area contributed by atoms with E-state index in [0.717, 1.165) is 6.61 Å². The number of ether oxygens (including phenoxy) is 5. The molecule has 6 heteroatoms. The van der Waals surface area contributed by atoms with Crippen LogP contribution < -0.4 is 0 Å². The van der Waals surface area contributed by atoms with Gasteiger partial charge in [-0.25, -0.2) is 0 Å². The Morgan fingerprint density at radius 3 is 1.56 bits per heavy atom. The van der Waals surface area contributed by atoms with Crippen molar-refractivity contribution in [1.29, 1.82) is 0 Å². The van der Waals surface area contributed by atoms with Gasteiger partial charge < -0.3 is 28.8 Å². The topological polar surface area (TPSA) is 66.4 Å². The van der Waals surface area contributed by atoms with Gasteiger partial charge >= 0.3 is 0 Å². The van der Waals surface area contributed by atoms with Crippen molar-refractivity contribution in [2.24, 2.45) is 0 Å². The molecule has 112 valence electrons. The first kappa shape index (κ1) is 20.1. The van der Waals surface area contributed by atoms with Gasteiger partial charge in [0.15, 0.2) is 0 Å². The molecule has 0 fully saturated rings. The molecule has 0 aliphatic heterocycles. The van der Waals surface area contributed by atoms with E-state index in [9.17, 15) is 0 Å². The Bertz CT molecular complexity index is 97.1. The zero-order chi connectivity index (χ0) is 13.9. The average Bonchev–Trinajstić information content (AvgIpc) is 2.39. The Morgan fingerprint density at radius 1 is 0.667 bits per heavy atom. The second kappa shape index (κ2) is 22.0. The van der Waals surface area contributed by atoms with E-state index in [1.807, 2.05) is 6.92 Å². The highest BCUT2D eigenvalue weighted by atomic mass is 16.5. The summed E-state index contributed by atoms with van der Waals surface area (Å²) in [5.41, 5.74) is 0. The third kappa shape index (κ3) is 24.8. The molecule has 18 heavy (non-hydrogen) atoms. The first-order valence-electron chi connectivity index (χ1n) is 6.15. The highest BCUT2D eigenvalue weighted by Gasteiger charge is 1.85. The van der Waals surface area contributed by atoms with Crippen LogP contribution in [0, 0.1) is 0 Å². The molecule has 0 unspecified atom stereocenters. The average molecular weight is 268 g/mol. The van der Waals surface area contributed by atoms with E-state index < -0.39 is 0 Å². The molecule has 0 radical (unpaired) electrons. The second-order valence-corrected chi connectivity index (χ2v) is 3.13. The van der Waals surface area contributed by atoms with Crippen LogP contribution in [0.3, 0.4) is 0 Å². The van der Waals surface area contributed by atoms with Crippen molar-refractivity contribution in [3.63, 3.8) is 0 Å². The fourth-order valence-electron chi connectivity index (χ4n) is 0.815. The van der Waals surface area contributed by atoms with Gasteiger partial charge in [0.2, 0.25) is 0 Å². The van der Waals surface area contributed by atoms with E-state index in [2.05, 4.69) is 0 Å². The molecule has 0 heterocycles. The lowest BCUT2D eigenvalue weighted by atomic mass is 10.7. The maximum atomic E-state index is 8.26. The van der Waals surface area contributed by atoms with E-state index >= 15 is 0 Å². The summed E-state index contributed by atoms with van der Waals surface area (Å²) in [5.74, 6) is 0. The largest absolute Gasteiger partial charge is 0.394 e. The molecule has 0 bridgehead atoms. The molecule has 0 aliphatic rings. The van der Waals surface area contributed by atoms with E-state index in [0.29, 0.717) is 46.2 Å². The first-order valence-corrected chi connectivity index (χ1v) is 6.15. The minimum atomic E-state index is 0.0894. The molecular weight excluding hydrogens is 240 g/mol. The maximum absolute atomic E-state index is 8.26. The highest BCUT2D eigenvalue weighted by Crippen LogP contribution is 1.76. The van der Waals surface area contributed by atoms with E-state index in [1.165, 1.54) is 0 Å². The van der Waals surface area contributed by atoms with Gasteiger partial charge in [-0.3, -0.25) is 0 Å². The lowest BCUT2D eigenvalue weighted by molar-refractivity contribution is 0.0370. The van der Waals surface area contributed by atoms with Gasteiger partial charge in [0.05, 0.1) is 52.9 Å². The van der Waals surface area contributed by atoms with Crippen molar-refractivity contribution in [3.05, 3.63) is 0 Å². The summed E-state index contributed by atoms with van der Waals surface area (Å²) in [6.07, 6.45) is 0. The summed E-state index contributed by atoms with van der Waals surface area (Å²) in [5, 5.41) is 8.26. The molecule has 1 N–H and O–H groups in total. The Kier molecular flexibility index (Phi) is 24.5. The van der Waals surface area contributed by atoms with Gasteiger partial charge in [-0.05, 0) is 6.92 Å². The standard InChI is InChI=1S/2C6H14O3/c1-7-3-5-9-6-4-8-2;1-2-8-5-6-9-4-3-7/h3-6H2,1-2H3;7H,2-6H2,1H3. The number of hydrogen-bond donors (Lipinski definition) is 1. The van der Waals surface area contributed by atoms with Crippen molar-refractivity contribution in [2.45, 2.75) is 6.92 Å². The van der Waals surface area contributed by atoms with Crippen LogP contribution in [0.25, 0.3) is 0 Å². The van der Waals surface area contributed by atoms with Crippen LogP contribution in [-0.4, -0.2) is 78.8 Å². The molecule has 0 aliphatic carbocycles. The smallest absolute Gasteiger partial charge is 0.0701 e. The molecule has 0 rings (SSSR count). The fraction of sp³-hybridized carbons (Fsp3) is 1.00. The molecule has 0 aromatic carbocycles. The third-order valence-electron chi connectivity index (χ3n) is 1.68. The Hall–Kier alpha value is -0.240. The van der Waals surface area contributed by atoms with Crippen molar-refractivity contribution >= 4 is 0 Å². The number of rotatable bonds is 12. The Balaban J connectivity index is 0. The monoisotopic (exact) mass is 268 g/mol. The highest BCUT2D eigenvalue weighted by molar-refractivity contribution is 4.28. The molecule has 0 spiro atoms. The summed E-state index contributed by atoms with van der Waals surface area (Å²) in [4.78, 5) is 0. The summed E-state index contributed by atoms with van der Waals surface area (Å²) in [7, 11) is 3.30. The fourth-order valence-corrected chi connectivity index (χ4v) is 0.815. The Morgan fingerprint density at radius 2 is 1.11 bits per heavy atom. The molecular formula is C12H28O6. The quantitative estimate of drug-likeness (QED) is 0.514. The second-order valence-electron chi connectivity index (χ2n) is 3.13. The lowest BCUT2D eigenvalue weighted by Crippen LogP contribution is -2.06. The van der Waals surface area contributed by atoms with E-state index in [1.54, 1.807) is 14.2 Å². The summed E-state index contributed by atoms with van der Waals surface area (Å²) in [6, 6.07) is 0. The SMILES string of the molecule is CCOCCOCCO.COCCOCCOC. The zero-order valence-corrected chi connectivity index (χ0v) is 11.9. The molecule has 0 aromatic rings.